The number of H-pyrrole nitrogens is 1. The fourth-order valence-electron chi connectivity index (χ4n) is 2.19. The summed E-state index contributed by atoms with van der Waals surface area (Å²) in [6.07, 6.45) is 4.47. The van der Waals surface area contributed by atoms with Crippen LogP contribution in [0, 0.1) is 0 Å². The fourth-order valence-corrected chi connectivity index (χ4v) is 2.19. The highest BCUT2D eigenvalue weighted by molar-refractivity contribution is 5.90. The van der Waals surface area contributed by atoms with Crippen LogP contribution >= 0.6 is 0 Å². The van der Waals surface area contributed by atoms with E-state index in [0.717, 1.165) is 29.4 Å². The lowest BCUT2D eigenvalue weighted by atomic mass is 9.89. The van der Waals surface area contributed by atoms with Crippen molar-refractivity contribution in [3.63, 3.8) is 0 Å². The molecule has 0 spiro atoms. The number of nitrogens with one attached hydrogen (secondary N) is 2. The number of aromatic nitrogens is 2. The Kier molecular flexibility index (Phi) is 2.29. The van der Waals surface area contributed by atoms with E-state index in [-0.39, 0.29) is 0 Å². The zero-order chi connectivity index (χ0) is 11.0. The van der Waals surface area contributed by atoms with Crippen molar-refractivity contribution in [2.45, 2.75) is 25.0 Å². The molecule has 84 valence electrons. The number of rotatable bonds is 3. The van der Waals surface area contributed by atoms with Crippen molar-refractivity contribution in [1.82, 2.24) is 10.2 Å². The maximum absolute atomic E-state index is 5.27. The van der Waals surface area contributed by atoms with E-state index in [1.165, 1.54) is 0 Å². The average Bonchev–Trinajstić information content (AvgIpc) is 2.71. The predicted molar refractivity (Wildman–Crippen MR) is 63.5 cm³/mol. The van der Waals surface area contributed by atoms with Crippen LogP contribution in [-0.4, -0.2) is 29.5 Å². The number of nitrogens with zero attached hydrogens (tertiary/aromatic N) is 1. The Morgan fingerprint density at radius 2 is 2.31 bits per heavy atom. The van der Waals surface area contributed by atoms with E-state index >= 15 is 0 Å². The highest BCUT2D eigenvalue weighted by Gasteiger charge is 2.28. The van der Waals surface area contributed by atoms with Crippen LogP contribution in [0.3, 0.4) is 0 Å². The largest absolute Gasteiger partial charge is 0.382 e. The zero-order valence-electron chi connectivity index (χ0n) is 9.23. The molecule has 16 heavy (non-hydrogen) atoms. The van der Waals surface area contributed by atoms with Gasteiger partial charge in [-0.25, -0.2) is 0 Å². The standard InChI is InChI=1S/C12H15N3O/c1-16-9-5-8(6-9)14-11-3-2-4-12-10(11)7-13-15-12/h2-4,7-9,14H,5-6H2,1H3,(H,13,15). The number of hydrogen-bond donors (Lipinski definition) is 2. The summed E-state index contributed by atoms with van der Waals surface area (Å²) in [6, 6.07) is 6.70. The molecule has 1 aliphatic rings. The lowest BCUT2D eigenvalue weighted by molar-refractivity contribution is 0.0329. The lowest BCUT2D eigenvalue weighted by Crippen LogP contribution is -2.40. The van der Waals surface area contributed by atoms with Gasteiger partial charge in [-0.15, -0.1) is 0 Å². The first kappa shape index (κ1) is 9.66. The van der Waals surface area contributed by atoms with Crippen molar-refractivity contribution in [3.05, 3.63) is 24.4 Å². The van der Waals surface area contributed by atoms with Crippen molar-refractivity contribution in [3.8, 4) is 0 Å². The van der Waals surface area contributed by atoms with Gasteiger partial charge in [-0.3, -0.25) is 5.10 Å². The van der Waals surface area contributed by atoms with Crippen molar-refractivity contribution in [1.29, 1.82) is 0 Å². The summed E-state index contributed by atoms with van der Waals surface area (Å²) in [5, 5.41) is 11.7. The number of aromatic amines is 1. The third-order valence-electron chi connectivity index (χ3n) is 3.27. The Morgan fingerprint density at radius 1 is 1.44 bits per heavy atom. The van der Waals surface area contributed by atoms with Gasteiger partial charge < -0.3 is 10.1 Å². The number of hydrogen-bond acceptors (Lipinski definition) is 3. The highest BCUT2D eigenvalue weighted by Crippen LogP contribution is 2.29. The maximum Gasteiger partial charge on any atom is 0.0671 e. The molecule has 0 saturated heterocycles. The van der Waals surface area contributed by atoms with Gasteiger partial charge in [0.25, 0.3) is 0 Å². The monoisotopic (exact) mass is 217 g/mol. The van der Waals surface area contributed by atoms with Gasteiger partial charge in [0.2, 0.25) is 0 Å². The molecule has 1 aromatic carbocycles. The molecule has 0 bridgehead atoms. The molecule has 0 radical (unpaired) electrons. The van der Waals surface area contributed by atoms with E-state index in [1.807, 2.05) is 18.3 Å². The van der Waals surface area contributed by atoms with Gasteiger partial charge in [0, 0.05) is 24.2 Å². The average molecular weight is 217 g/mol. The molecule has 4 nitrogen and oxygen atoms in total. The topological polar surface area (TPSA) is 49.9 Å². The molecule has 1 aromatic heterocycles. The minimum Gasteiger partial charge on any atom is -0.382 e. The van der Waals surface area contributed by atoms with Gasteiger partial charge in [0.15, 0.2) is 0 Å². The molecule has 0 unspecified atom stereocenters. The predicted octanol–water partition coefficient (Wildman–Crippen LogP) is 2.15. The summed E-state index contributed by atoms with van der Waals surface area (Å²) in [5.74, 6) is 0. The van der Waals surface area contributed by atoms with Crippen molar-refractivity contribution in [2.24, 2.45) is 0 Å². The Bertz CT molecular complexity index is 488. The SMILES string of the molecule is COC1CC(Nc2cccc3[nH]ncc23)C1. The number of anilines is 1. The fraction of sp³-hybridized carbons (Fsp3) is 0.417. The lowest BCUT2D eigenvalue weighted by Gasteiger charge is -2.35. The van der Waals surface area contributed by atoms with E-state index in [2.05, 4.69) is 21.6 Å². The molecule has 2 N–H and O–H groups in total. The summed E-state index contributed by atoms with van der Waals surface area (Å²) < 4.78 is 5.27. The van der Waals surface area contributed by atoms with Crippen LogP contribution in [0.4, 0.5) is 5.69 Å². The van der Waals surface area contributed by atoms with Crippen LogP contribution < -0.4 is 5.32 Å². The van der Waals surface area contributed by atoms with Crippen molar-refractivity contribution < 1.29 is 4.74 Å². The van der Waals surface area contributed by atoms with E-state index in [9.17, 15) is 0 Å². The normalized spacial score (nSPS) is 24.3. The molecule has 2 aromatic rings. The summed E-state index contributed by atoms with van der Waals surface area (Å²) in [4.78, 5) is 0. The first-order valence-corrected chi connectivity index (χ1v) is 5.58. The van der Waals surface area contributed by atoms with Gasteiger partial charge in [0.1, 0.15) is 0 Å². The van der Waals surface area contributed by atoms with Crippen molar-refractivity contribution >= 4 is 16.6 Å². The molecule has 1 fully saturated rings. The number of benzene rings is 1. The minimum atomic E-state index is 0.432. The maximum atomic E-state index is 5.27. The van der Waals surface area contributed by atoms with Gasteiger partial charge in [-0.05, 0) is 25.0 Å². The molecule has 3 rings (SSSR count). The molecule has 1 heterocycles. The van der Waals surface area contributed by atoms with E-state index < -0.39 is 0 Å². The van der Waals surface area contributed by atoms with Crippen LogP contribution in [0.15, 0.2) is 24.4 Å². The van der Waals surface area contributed by atoms with Crippen LogP contribution in [0.25, 0.3) is 10.9 Å². The smallest absolute Gasteiger partial charge is 0.0671 e. The van der Waals surface area contributed by atoms with Gasteiger partial charge in [0.05, 0.1) is 17.8 Å². The quantitative estimate of drug-likeness (QED) is 0.828. The second-order valence-corrected chi connectivity index (χ2v) is 4.31. The summed E-state index contributed by atoms with van der Waals surface area (Å²) >= 11 is 0. The Balaban J connectivity index is 1.77. The van der Waals surface area contributed by atoms with Crippen LogP contribution in [0.5, 0.6) is 0 Å². The van der Waals surface area contributed by atoms with Crippen LogP contribution in [0.2, 0.25) is 0 Å². The first-order chi connectivity index (χ1) is 7.86. The van der Waals surface area contributed by atoms with Crippen LogP contribution in [-0.2, 0) is 4.74 Å². The molecule has 0 atom stereocenters. The molecule has 1 saturated carbocycles. The molecule has 1 aliphatic carbocycles. The van der Waals surface area contributed by atoms with Gasteiger partial charge in [-0.1, -0.05) is 6.07 Å². The Labute approximate surface area is 94.0 Å². The van der Waals surface area contributed by atoms with Gasteiger partial charge >= 0.3 is 0 Å². The van der Waals surface area contributed by atoms with Crippen molar-refractivity contribution in [2.75, 3.05) is 12.4 Å². The molecular weight excluding hydrogens is 202 g/mol. The summed E-state index contributed by atoms with van der Waals surface area (Å²) in [6.45, 7) is 0. The minimum absolute atomic E-state index is 0.432. The molecule has 0 amide bonds. The third-order valence-corrected chi connectivity index (χ3v) is 3.27. The Hall–Kier alpha value is -1.55. The van der Waals surface area contributed by atoms with Crippen LogP contribution in [0.1, 0.15) is 12.8 Å². The summed E-state index contributed by atoms with van der Waals surface area (Å²) in [5.41, 5.74) is 2.23. The first-order valence-electron chi connectivity index (χ1n) is 5.58. The number of methoxy groups -OCH3 is 1. The Morgan fingerprint density at radius 3 is 3.12 bits per heavy atom. The summed E-state index contributed by atoms with van der Waals surface area (Å²) in [7, 11) is 1.78. The number of fused-ring (bicyclic) bond motifs is 1. The second-order valence-electron chi connectivity index (χ2n) is 4.31. The molecule has 0 aliphatic heterocycles. The van der Waals surface area contributed by atoms with E-state index in [4.69, 9.17) is 4.74 Å². The second kappa shape index (κ2) is 3.79. The van der Waals surface area contributed by atoms with Gasteiger partial charge in [-0.2, -0.15) is 5.10 Å². The third kappa shape index (κ3) is 1.55. The highest BCUT2D eigenvalue weighted by atomic mass is 16.5. The van der Waals surface area contributed by atoms with E-state index in [0.29, 0.717) is 12.1 Å². The number of ether oxygens (including phenoxy) is 1. The van der Waals surface area contributed by atoms with E-state index in [1.54, 1.807) is 7.11 Å². The molecule has 4 heteroatoms. The molecular formula is C12H15N3O. The zero-order valence-corrected chi connectivity index (χ0v) is 9.23.